The van der Waals surface area contributed by atoms with E-state index in [1.807, 2.05) is 32.0 Å². The Balaban J connectivity index is 2.08. The minimum Gasteiger partial charge on any atom is -0.493 e. The van der Waals surface area contributed by atoms with Gasteiger partial charge in [0.1, 0.15) is 0 Å². The van der Waals surface area contributed by atoms with Crippen molar-refractivity contribution >= 4 is 5.91 Å². The molecular formula is C21H27NO5. The van der Waals surface area contributed by atoms with Gasteiger partial charge in [-0.25, -0.2) is 0 Å². The van der Waals surface area contributed by atoms with Gasteiger partial charge in [-0.05, 0) is 49.2 Å². The number of amides is 1. The Morgan fingerprint density at radius 2 is 1.63 bits per heavy atom. The molecule has 0 radical (unpaired) electrons. The summed E-state index contributed by atoms with van der Waals surface area (Å²) in [5.74, 6) is 2.31. The van der Waals surface area contributed by atoms with E-state index in [0.717, 1.165) is 12.0 Å². The molecule has 0 bridgehead atoms. The molecule has 0 unspecified atom stereocenters. The van der Waals surface area contributed by atoms with Crippen LogP contribution in [0.4, 0.5) is 0 Å². The van der Waals surface area contributed by atoms with Crippen molar-refractivity contribution in [2.75, 3.05) is 27.4 Å². The van der Waals surface area contributed by atoms with Gasteiger partial charge < -0.3 is 24.3 Å². The summed E-state index contributed by atoms with van der Waals surface area (Å²) in [6.07, 6.45) is 0.902. The van der Waals surface area contributed by atoms with E-state index in [-0.39, 0.29) is 5.91 Å². The average Bonchev–Trinajstić information content (AvgIpc) is 2.70. The summed E-state index contributed by atoms with van der Waals surface area (Å²) in [6, 6.07) is 10.7. The van der Waals surface area contributed by atoms with Gasteiger partial charge in [0.15, 0.2) is 23.0 Å². The van der Waals surface area contributed by atoms with E-state index in [4.69, 9.17) is 18.9 Å². The maximum Gasteiger partial charge on any atom is 0.251 e. The molecule has 0 saturated heterocycles. The third-order valence-electron chi connectivity index (χ3n) is 3.87. The maximum absolute atomic E-state index is 12.5. The summed E-state index contributed by atoms with van der Waals surface area (Å²) in [5, 5.41) is 2.90. The van der Waals surface area contributed by atoms with E-state index in [1.54, 1.807) is 32.4 Å². The third kappa shape index (κ3) is 5.54. The summed E-state index contributed by atoms with van der Waals surface area (Å²) in [6.45, 7) is 5.41. The Hall–Kier alpha value is -2.89. The van der Waals surface area contributed by atoms with Crippen molar-refractivity contribution < 1.29 is 23.7 Å². The molecule has 27 heavy (non-hydrogen) atoms. The Labute approximate surface area is 160 Å². The second-order valence-corrected chi connectivity index (χ2v) is 5.82. The largest absolute Gasteiger partial charge is 0.493 e. The van der Waals surface area contributed by atoms with Gasteiger partial charge in [0.05, 0.1) is 27.4 Å². The van der Waals surface area contributed by atoms with Crippen molar-refractivity contribution in [1.29, 1.82) is 0 Å². The molecule has 146 valence electrons. The van der Waals surface area contributed by atoms with Crippen molar-refractivity contribution in [2.24, 2.45) is 0 Å². The number of rotatable bonds is 10. The molecule has 0 spiro atoms. The highest BCUT2D eigenvalue weighted by atomic mass is 16.5. The van der Waals surface area contributed by atoms with Gasteiger partial charge in [-0.15, -0.1) is 0 Å². The van der Waals surface area contributed by atoms with Crippen LogP contribution < -0.4 is 24.3 Å². The zero-order chi connectivity index (χ0) is 19.6. The first-order chi connectivity index (χ1) is 13.1. The average molecular weight is 373 g/mol. The lowest BCUT2D eigenvalue weighted by atomic mass is 10.1. The number of carbonyl (C=O) groups excluding carboxylic acids is 1. The first-order valence-electron chi connectivity index (χ1n) is 9.01. The summed E-state index contributed by atoms with van der Waals surface area (Å²) < 4.78 is 21.8. The van der Waals surface area contributed by atoms with Crippen LogP contribution in [-0.2, 0) is 6.54 Å². The van der Waals surface area contributed by atoms with E-state index < -0.39 is 0 Å². The lowest BCUT2D eigenvalue weighted by Gasteiger charge is -2.13. The SMILES string of the molecule is CCCOc1ccc(C(=O)NCc2ccc(OC)c(OC)c2)cc1OCC. The molecule has 2 rings (SSSR count). The summed E-state index contributed by atoms with van der Waals surface area (Å²) in [4.78, 5) is 12.5. The van der Waals surface area contributed by atoms with Crippen molar-refractivity contribution in [3.8, 4) is 23.0 Å². The number of ether oxygens (including phenoxy) is 4. The predicted molar refractivity (Wildman–Crippen MR) is 104 cm³/mol. The highest BCUT2D eigenvalue weighted by Crippen LogP contribution is 2.29. The standard InChI is InChI=1S/C21H27NO5/c1-5-11-27-18-10-8-16(13-20(18)26-6-2)21(23)22-14-15-7-9-17(24-3)19(12-15)25-4/h7-10,12-13H,5-6,11,14H2,1-4H3,(H,22,23). The molecule has 0 aromatic heterocycles. The minimum atomic E-state index is -0.187. The fraction of sp³-hybridized carbons (Fsp3) is 0.381. The Bertz CT molecular complexity index is 760. The molecule has 6 heteroatoms. The van der Waals surface area contributed by atoms with Crippen molar-refractivity contribution in [1.82, 2.24) is 5.32 Å². The number of methoxy groups -OCH3 is 2. The molecule has 2 aromatic rings. The van der Waals surface area contributed by atoms with Crippen molar-refractivity contribution in [3.63, 3.8) is 0 Å². The van der Waals surface area contributed by atoms with Crippen LogP contribution in [0.15, 0.2) is 36.4 Å². The number of nitrogens with one attached hydrogen (secondary N) is 1. The smallest absolute Gasteiger partial charge is 0.251 e. The molecule has 0 heterocycles. The zero-order valence-electron chi connectivity index (χ0n) is 16.3. The predicted octanol–water partition coefficient (Wildman–Crippen LogP) is 3.82. The topological polar surface area (TPSA) is 66.0 Å². The zero-order valence-corrected chi connectivity index (χ0v) is 16.3. The van der Waals surface area contributed by atoms with E-state index in [9.17, 15) is 4.79 Å². The summed E-state index contributed by atoms with van der Waals surface area (Å²) >= 11 is 0. The molecule has 2 aromatic carbocycles. The fourth-order valence-corrected chi connectivity index (χ4v) is 2.52. The molecule has 0 aliphatic carbocycles. The van der Waals surface area contributed by atoms with Gasteiger partial charge in [0.2, 0.25) is 0 Å². The Morgan fingerprint density at radius 1 is 0.889 bits per heavy atom. The molecular weight excluding hydrogens is 346 g/mol. The van der Waals surface area contributed by atoms with Crippen molar-refractivity contribution in [2.45, 2.75) is 26.8 Å². The second kappa shape index (κ2) is 10.3. The molecule has 0 saturated carbocycles. The van der Waals surface area contributed by atoms with Crippen molar-refractivity contribution in [3.05, 3.63) is 47.5 Å². The molecule has 0 fully saturated rings. The number of hydrogen-bond acceptors (Lipinski definition) is 5. The molecule has 0 atom stereocenters. The van der Waals surface area contributed by atoms with Gasteiger partial charge in [0.25, 0.3) is 5.91 Å². The van der Waals surface area contributed by atoms with Gasteiger partial charge in [-0.2, -0.15) is 0 Å². The Kier molecular flexibility index (Phi) is 7.79. The highest BCUT2D eigenvalue weighted by Gasteiger charge is 2.12. The molecule has 0 aliphatic heterocycles. The minimum absolute atomic E-state index is 0.187. The first kappa shape index (κ1) is 20.4. The highest BCUT2D eigenvalue weighted by molar-refractivity contribution is 5.94. The molecule has 0 aliphatic rings. The van der Waals surface area contributed by atoms with Crippen LogP contribution in [0.1, 0.15) is 36.2 Å². The van der Waals surface area contributed by atoms with E-state index in [1.165, 1.54) is 0 Å². The monoisotopic (exact) mass is 373 g/mol. The number of hydrogen-bond donors (Lipinski definition) is 1. The quantitative estimate of drug-likeness (QED) is 0.686. The van der Waals surface area contributed by atoms with Crippen LogP contribution in [0, 0.1) is 0 Å². The van der Waals surface area contributed by atoms with E-state index in [2.05, 4.69) is 5.32 Å². The lowest BCUT2D eigenvalue weighted by Crippen LogP contribution is -2.22. The molecule has 1 amide bonds. The van der Waals surface area contributed by atoms with Gasteiger partial charge in [-0.3, -0.25) is 4.79 Å². The lowest BCUT2D eigenvalue weighted by molar-refractivity contribution is 0.0950. The van der Waals surface area contributed by atoms with Crippen LogP contribution in [0.2, 0.25) is 0 Å². The van der Waals surface area contributed by atoms with E-state index >= 15 is 0 Å². The van der Waals surface area contributed by atoms with Crippen LogP contribution in [0.25, 0.3) is 0 Å². The number of carbonyl (C=O) groups is 1. The third-order valence-corrected chi connectivity index (χ3v) is 3.87. The first-order valence-corrected chi connectivity index (χ1v) is 9.01. The second-order valence-electron chi connectivity index (χ2n) is 5.82. The summed E-state index contributed by atoms with van der Waals surface area (Å²) in [5.41, 5.74) is 1.43. The Morgan fingerprint density at radius 3 is 2.30 bits per heavy atom. The summed E-state index contributed by atoms with van der Waals surface area (Å²) in [7, 11) is 3.17. The van der Waals surface area contributed by atoms with Gasteiger partial charge in [-0.1, -0.05) is 13.0 Å². The van der Waals surface area contributed by atoms with Crippen LogP contribution in [0.3, 0.4) is 0 Å². The fourth-order valence-electron chi connectivity index (χ4n) is 2.52. The number of benzene rings is 2. The molecule has 6 nitrogen and oxygen atoms in total. The normalized spacial score (nSPS) is 10.2. The molecule has 1 N–H and O–H groups in total. The van der Waals surface area contributed by atoms with Crippen LogP contribution in [0.5, 0.6) is 23.0 Å². The van der Waals surface area contributed by atoms with Gasteiger partial charge in [0, 0.05) is 12.1 Å². The maximum atomic E-state index is 12.5. The van der Waals surface area contributed by atoms with Crippen LogP contribution in [-0.4, -0.2) is 33.3 Å². The van der Waals surface area contributed by atoms with E-state index in [0.29, 0.717) is 48.3 Å². The van der Waals surface area contributed by atoms with Gasteiger partial charge >= 0.3 is 0 Å². The van der Waals surface area contributed by atoms with Crippen LogP contribution >= 0.6 is 0 Å².